The van der Waals surface area contributed by atoms with Crippen molar-refractivity contribution in [3.8, 4) is 0 Å². The molecular formula is C17H26N4O. The quantitative estimate of drug-likeness (QED) is 0.841. The number of aromatic nitrogens is 2. The predicted octanol–water partition coefficient (Wildman–Crippen LogP) is 2.32. The zero-order valence-corrected chi connectivity index (χ0v) is 13.7. The number of piperazine rings is 1. The third-order valence-corrected chi connectivity index (χ3v) is 4.90. The van der Waals surface area contributed by atoms with Crippen molar-refractivity contribution in [1.82, 2.24) is 14.9 Å². The standard InChI is InChI=1S/C17H26N4O/c1-13-12-18-14(2)16(19-13)20-8-10-21(11-9-20)17(22)15-6-4-3-5-7-15/h12,15H,3-11H2,1-2H3. The Morgan fingerprint density at radius 1 is 1.09 bits per heavy atom. The van der Waals surface area contributed by atoms with Gasteiger partial charge in [0.2, 0.25) is 5.91 Å². The van der Waals surface area contributed by atoms with Gasteiger partial charge >= 0.3 is 0 Å². The van der Waals surface area contributed by atoms with Gasteiger partial charge in [-0.1, -0.05) is 19.3 Å². The maximum atomic E-state index is 12.6. The molecule has 0 N–H and O–H groups in total. The fourth-order valence-electron chi connectivity index (χ4n) is 3.57. The van der Waals surface area contributed by atoms with Crippen LogP contribution in [0.25, 0.3) is 0 Å². The van der Waals surface area contributed by atoms with Crippen LogP contribution in [0.2, 0.25) is 0 Å². The molecule has 120 valence electrons. The summed E-state index contributed by atoms with van der Waals surface area (Å²) < 4.78 is 0. The number of rotatable bonds is 2. The Balaban J connectivity index is 1.60. The van der Waals surface area contributed by atoms with Crippen LogP contribution in [0, 0.1) is 19.8 Å². The second-order valence-corrected chi connectivity index (χ2v) is 6.57. The molecule has 1 saturated heterocycles. The summed E-state index contributed by atoms with van der Waals surface area (Å²) in [5.41, 5.74) is 1.92. The van der Waals surface area contributed by atoms with Crippen LogP contribution in [0.4, 0.5) is 5.82 Å². The average Bonchev–Trinajstić information content (AvgIpc) is 2.57. The molecule has 5 heteroatoms. The molecule has 3 rings (SSSR count). The van der Waals surface area contributed by atoms with Crippen LogP contribution in [-0.4, -0.2) is 47.0 Å². The van der Waals surface area contributed by atoms with E-state index in [0.29, 0.717) is 5.91 Å². The van der Waals surface area contributed by atoms with E-state index in [1.807, 2.05) is 20.0 Å². The number of hydrogen-bond donors (Lipinski definition) is 0. The lowest BCUT2D eigenvalue weighted by molar-refractivity contribution is -0.136. The third kappa shape index (κ3) is 3.23. The summed E-state index contributed by atoms with van der Waals surface area (Å²) in [5, 5.41) is 0. The summed E-state index contributed by atoms with van der Waals surface area (Å²) in [4.78, 5) is 25.9. The van der Waals surface area contributed by atoms with Crippen LogP contribution in [0.5, 0.6) is 0 Å². The monoisotopic (exact) mass is 302 g/mol. The van der Waals surface area contributed by atoms with Gasteiger partial charge in [0.25, 0.3) is 0 Å². The summed E-state index contributed by atoms with van der Waals surface area (Å²) in [7, 11) is 0. The topological polar surface area (TPSA) is 49.3 Å². The molecule has 0 aromatic carbocycles. The summed E-state index contributed by atoms with van der Waals surface area (Å²) in [5.74, 6) is 1.64. The molecular weight excluding hydrogens is 276 g/mol. The maximum Gasteiger partial charge on any atom is 0.225 e. The first-order valence-corrected chi connectivity index (χ1v) is 8.49. The van der Waals surface area contributed by atoms with E-state index in [1.165, 1.54) is 19.3 Å². The number of anilines is 1. The molecule has 0 bridgehead atoms. The first-order valence-electron chi connectivity index (χ1n) is 8.49. The number of hydrogen-bond acceptors (Lipinski definition) is 4. The molecule has 0 radical (unpaired) electrons. The van der Waals surface area contributed by atoms with Crippen molar-refractivity contribution in [3.05, 3.63) is 17.6 Å². The highest BCUT2D eigenvalue weighted by Gasteiger charge is 2.29. The van der Waals surface area contributed by atoms with Crippen molar-refractivity contribution in [2.45, 2.75) is 46.0 Å². The van der Waals surface area contributed by atoms with Crippen molar-refractivity contribution in [2.75, 3.05) is 31.1 Å². The SMILES string of the molecule is Cc1cnc(C)c(N2CCN(C(=O)C3CCCCC3)CC2)n1. The molecule has 0 unspecified atom stereocenters. The van der Waals surface area contributed by atoms with Gasteiger partial charge in [0, 0.05) is 38.3 Å². The van der Waals surface area contributed by atoms with Gasteiger partial charge in [0.05, 0.1) is 11.4 Å². The zero-order valence-electron chi connectivity index (χ0n) is 13.7. The Bertz CT molecular complexity index is 531. The lowest BCUT2D eigenvalue weighted by Crippen LogP contribution is -2.51. The van der Waals surface area contributed by atoms with E-state index in [4.69, 9.17) is 0 Å². The fraction of sp³-hybridized carbons (Fsp3) is 0.706. The molecule has 2 fully saturated rings. The van der Waals surface area contributed by atoms with E-state index in [2.05, 4.69) is 19.8 Å². The Hall–Kier alpha value is -1.65. The van der Waals surface area contributed by atoms with Crippen molar-refractivity contribution >= 4 is 11.7 Å². The normalized spacial score (nSPS) is 20.3. The van der Waals surface area contributed by atoms with Crippen LogP contribution in [0.1, 0.15) is 43.5 Å². The van der Waals surface area contributed by atoms with Gasteiger partial charge in [0.15, 0.2) is 0 Å². The van der Waals surface area contributed by atoms with Crippen molar-refractivity contribution in [3.63, 3.8) is 0 Å². The molecule has 1 aromatic rings. The molecule has 1 saturated carbocycles. The zero-order chi connectivity index (χ0) is 15.5. The third-order valence-electron chi connectivity index (χ3n) is 4.90. The van der Waals surface area contributed by atoms with Gasteiger partial charge in [-0.3, -0.25) is 9.78 Å². The van der Waals surface area contributed by atoms with Crippen LogP contribution in [0.15, 0.2) is 6.20 Å². The van der Waals surface area contributed by atoms with Crippen LogP contribution < -0.4 is 4.90 Å². The van der Waals surface area contributed by atoms with Crippen molar-refractivity contribution in [1.29, 1.82) is 0 Å². The first-order chi connectivity index (χ1) is 10.6. The minimum Gasteiger partial charge on any atom is -0.352 e. The van der Waals surface area contributed by atoms with Gasteiger partial charge in [-0.05, 0) is 26.7 Å². The first kappa shape index (κ1) is 15.3. The van der Waals surface area contributed by atoms with Gasteiger partial charge in [-0.25, -0.2) is 4.98 Å². The average molecular weight is 302 g/mol. The highest BCUT2D eigenvalue weighted by molar-refractivity contribution is 5.79. The van der Waals surface area contributed by atoms with Crippen molar-refractivity contribution < 1.29 is 4.79 Å². The fourth-order valence-corrected chi connectivity index (χ4v) is 3.57. The molecule has 0 spiro atoms. The van der Waals surface area contributed by atoms with Crippen LogP contribution >= 0.6 is 0 Å². The second kappa shape index (κ2) is 6.63. The van der Waals surface area contributed by atoms with E-state index < -0.39 is 0 Å². The van der Waals surface area contributed by atoms with Gasteiger partial charge in [0.1, 0.15) is 5.82 Å². The smallest absolute Gasteiger partial charge is 0.225 e. The number of nitrogens with zero attached hydrogens (tertiary/aromatic N) is 4. The predicted molar refractivity (Wildman–Crippen MR) is 86.9 cm³/mol. The Morgan fingerprint density at radius 3 is 2.45 bits per heavy atom. The highest BCUT2D eigenvalue weighted by atomic mass is 16.2. The van der Waals surface area contributed by atoms with E-state index in [9.17, 15) is 4.79 Å². The molecule has 1 amide bonds. The highest BCUT2D eigenvalue weighted by Crippen LogP contribution is 2.26. The number of amides is 1. The van der Waals surface area contributed by atoms with E-state index in [-0.39, 0.29) is 5.92 Å². The molecule has 1 aliphatic heterocycles. The Morgan fingerprint density at radius 2 is 1.77 bits per heavy atom. The lowest BCUT2D eigenvalue weighted by Gasteiger charge is -2.38. The summed E-state index contributed by atoms with van der Waals surface area (Å²) >= 11 is 0. The van der Waals surface area contributed by atoms with Crippen LogP contribution in [-0.2, 0) is 4.79 Å². The lowest BCUT2D eigenvalue weighted by atomic mass is 9.88. The summed E-state index contributed by atoms with van der Waals surface area (Å²) in [6.07, 6.45) is 7.70. The number of carbonyl (C=O) groups is 1. The molecule has 1 aromatic heterocycles. The number of carbonyl (C=O) groups excluding carboxylic acids is 1. The van der Waals surface area contributed by atoms with Gasteiger partial charge in [-0.2, -0.15) is 0 Å². The second-order valence-electron chi connectivity index (χ2n) is 6.57. The van der Waals surface area contributed by atoms with Crippen molar-refractivity contribution in [2.24, 2.45) is 5.92 Å². The Labute approximate surface area is 132 Å². The summed E-state index contributed by atoms with van der Waals surface area (Å²) in [6.45, 7) is 7.31. The summed E-state index contributed by atoms with van der Waals surface area (Å²) in [6, 6.07) is 0. The molecule has 1 aliphatic carbocycles. The largest absolute Gasteiger partial charge is 0.352 e. The molecule has 0 atom stereocenters. The minimum atomic E-state index is 0.279. The minimum absolute atomic E-state index is 0.279. The molecule has 5 nitrogen and oxygen atoms in total. The van der Waals surface area contributed by atoms with Gasteiger partial charge < -0.3 is 9.80 Å². The van der Waals surface area contributed by atoms with E-state index in [1.54, 1.807) is 0 Å². The van der Waals surface area contributed by atoms with Gasteiger partial charge in [-0.15, -0.1) is 0 Å². The Kier molecular flexibility index (Phi) is 4.60. The molecule has 2 aliphatic rings. The number of aryl methyl sites for hydroxylation is 2. The van der Waals surface area contributed by atoms with Crippen LogP contribution in [0.3, 0.4) is 0 Å². The molecule has 2 heterocycles. The molecule has 22 heavy (non-hydrogen) atoms. The maximum absolute atomic E-state index is 12.6. The van der Waals surface area contributed by atoms with E-state index >= 15 is 0 Å². The van der Waals surface area contributed by atoms with E-state index in [0.717, 1.165) is 56.2 Å².